The summed E-state index contributed by atoms with van der Waals surface area (Å²) in [6, 6.07) is 5.36. The number of rotatable bonds is 3. The van der Waals surface area contributed by atoms with Gasteiger partial charge in [0.1, 0.15) is 5.75 Å². The smallest absolute Gasteiger partial charge is 0.170 e. The number of anilines is 1. The Bertz CT molecular complexity index is 352. The van der Waals surface area contributed by atoms with Gasteiger partial charge in [0.15, 0.2) is 5.11 Å². The minimum absolute atomic E-state index is 0.209. The zero-order chi connectivity index (χ0) is 11.3. The lowest BCUT2D eigenvalue weighted by Gasteiger charge is -2.11. The first kappa shape index (κ1) is 11.8. The third kappa shape index (κ3) is 3.75. The quantitative estimate of drug-likeness (QED) is 0.545. The SMILES string of the molecule is CCCNC(=S)Nc1cc(C)ccc1O. The molecule has 82 valence electrons. The highest BCUT2D eigenvalue weighted by atomic mass is 32.1. The van der Waals surface area contributed by atoms with E-state index in [9.17, 15) is 5.11 Å². The topological polar surface area (TPSA) is 44.3 Å². The van der Waals surface area contributed by atoms with Gasteiger partial charge in [0.25, 0.3) is 0 Å². The van der Waals surface area contributed by atoms with E-state index in [-0.39, 0.29) is 5.75 Å². The maximum atomic E-state index is 9.56. The van der Waals surface area contributed by atoms with Crippen LogP contribution >= 0.6 is 12.2 Å². The molecule has 0 saturated heterocycles. The molecule has 1 aromatic rings. The van der Waals surface area contributed by atoms with Gasteiger partial charge >= 0.3 is 0 Å². The molecule has 0 aliphatic heterocycles. The number of phenols is 1. The van der Waals surface area contributed by atoms with E-state index in [1.54, 1.807) is 6.07 Å². The van der Waals surface area contributed by atoms with Gasteiger partial charge in [0.2, 0.25) is 0 Å². The molecule has 0 aliphatic carbocycles. The zero-order valence-electron chi connectivity index (χ0n) is 9.00. The molecular formula is C11H16N2OS. The summed E-state index contributed by atoms with van der Waals surface area (Å²) in [5.41, 5.74) is 1.72. The molecule has 0 fully saturated rings. The zero-order valence-corrected chi connectivity index (χ0v) is 9.82. The van der Waals surface area contributed by atoms with Crippen LogP contribution in [0.3, 0.4) is 0 Å². The number of hydrogen-bond acceptors (Lipinski definition) is 2. The van der Waals surface area contributed by atoms with Crippen molar-refractivity contribution >= 4 is 23.0 Å². The summed E-state index contributed by atoms with van der Waals surface area (Å²) in [5, 5.41) is 16.1. The fraction of sp³-hybridized carbons (Fsp3) is 0.364. The fourth-order valence-electron chi connectivity index (χ4n) is 1.16. The average molecular weight is 224 g/mol. The molecule has 0 spiro atoms. The molecule has 4 heteroatoms. The number of benzene rings is 1. The number of aromatic hydroxyl groups is 1. The van der Waals surface area contributed by atoms with Gasteiger partial charge in [-0.3, -0.25) is 0 Å². The summed E-state index contributed by atoms with van der Waals surface area (Å²) in [6.45, 7) is 4.87. The molecule has 0 amide bonds. The van der Waals surface area contributed by atoms with Crippen molar-refractivity contribution in [2.24, 2.45) is 0 Å². The van der Waals surface area contributed by atoms with E-state index >= 15 is 0 Å². The normalized spacial score (nSPS) is 9.73. The van der Waals surface area contributed by atoms with Gasteiger partial charge in [0, 0.05) is 6.54 Å². The van der Waals surface area contributed by atoms with Crippen molar-refractivity contribution in [1.29, 1.82) is 0 Å². The molecule has 15 heavy (non-hydrogen) atoms. The minimum atomic E-state index is 0.209. The summed E-state index contributed by atoms with van der Waals surface area (Å²) >= 11 is 5.07. The van der Waals surface area contributed by atoms with Gasteiger partial charge in [-0.15, -0.1) is 0 Å². The number of aryl methyl sites for hydroxylation is 1. The molecule has 1 aromatic carbocycles. The lowest BCUT2D eigenvalue weighted by atomic mass is 10.2. The Hall–Kier alpha value is -1.29. The Balaban J connectivity index is 2.63. The highest BCUT2D eigenvalue weighted by Crippen LogP contribution is 2.23. The van der Waals surface area contributed by atoms with E-state index in [1.807, 2.05) is 19.1 Å². The van der Waals surface area contributed by atoms with Crippen LogP contribution in [0, 0.1) is 6.92 Å². The molecule has 0 saturated carbocycles. The lowest BCUT2D eigenvalue weighted by Crippen LogP contribution is -2.28. The Kier molecular flexibility index (Phi) is 4.37. The van der Waals surface area contributed by atoms with Gasteiger partial charge in [-0.05, 0) is 43.3 Å². The Labute approximate surface area is 95.5 Å². The van der Waals surface area contributed by atoms with E-state index < -0.39 is 0 Å². The van der Waals surface area contributed by atoms with Gasteiger partial charge in [-0.25, -0.2) is 0 Å². The molecular weight excluding hydrogens is 208 g/mol. The molecule has 0 heterocycles. The van der Waals surface area contributed by atoms with Crippen LogP contribution in [-0.2, 0) is 0 Å². The molecule has 0 aromatic heterocycles. The summed E-state index contributed by atoms with van der Waals surface area (Å²) in [6.07, 6.45) is 1.02. The van der Waals surface area contributed by atoms with Crippen molar-refractivity contribution in [1.82, 2.24) is 5.32 Å². The van der Waals surface area contributed by atoms with E-state index in [4.69, 9.17) is 12.2 Å². The molecule has 3 nitrogen and oxygen atoms in total. The summed E-state index contributed by atoms with van der Waals surface area (Å²) in [4.78, 5) is 0. The van der Waals surface area contributed by atoms with Crippen molar-refractivity contribution in [3.63, 3.8) is 0 Å². The highest BCUT2D eigenvalue weighted by Gasteiger charge is 2.02. The third-order valence-corrected chi connectivity index (χ3v) is 2.18. The van der Waals surface area contributed by atoms with E-state index in [1.165, 1.54) is 0 Å². The molecule has 1 rings (SSSR count). The van der Waals surface area contributed by atoms with E-state index in [0.717, 1.165) is 18.5 Å². The molecule has 0 aliphatic rings. The van der Waals surface area contributed by atoms with Crippen LogP contribution in [-0.4, -0.2) is 16.8 Å². The second-order valence-electron chi connectivity index (χ2n) is 3.40. The van der Waals surface area contributed by atoms with Gasteiger partial charge in [-0.2, -0.15) is 0 Å². The second-order valence-corrected chi connectivity index (χ2v) is 3.81. The van der Waals surface area contributed by atoms with Crippen LogP contribution in [0.5, 0.6) is 5.75 Å². The van der Waals surface area contributed by atoms with Crippen molar-refractivity contribution in [3.8, 4) is 5.75 Å². The van der Waals surface area contributed by atoms with E-state index in [2.05, 4.69) is 17.6 Å². The predicted molar refractivity (Wildman–Crippen MR) is 67.4 cm³/mol. The van der Waals surface area contributed by atoms with Gasteiger partial charge < -0.3 is 15.7 Å². The Morgan fingerprint density at radius 2 is 2.20 bits per heavy atom. The van der Waals surface area contributed by atoms with E-state index in [0.29, 0.717) is 10.8 Å². The molecule has 0 atom stereocenters. The monoisotopic (exact) mass is 224 g/mol. The fourth-order valence-corrected chi connectivity index (χ4v) is 1.37. The Morgan fingerprint density at radius 1 is 1.47 bits per heavy atom. The highest BCUT2D eigenvalue weighted by molar-refractivity contribution is 7.80. The maximum Gasteiger partial charge on any atom is 0.170 e. The van der Waals surface area contributed by atoms with Crippen molar-refractivity contribution in [2.75, 3.05) is 11.9 Å². The standard InChI is InChI=1S/C11H16N2OS/c1-3-6-12-11(15)13-9-7-8(2)4-5-10(9)14/h4-5,7,14H,3,6H2,1-2H3,(H2,12,13,15). The van der Waals surface area contributed by atoms with Crippen LogP contribution in [0.4, 0.5) is 5.69 Å². The van der Waals surface area contributed by atoms with Crippen LogP contribution in [0.2, 0.25) is 0 Å². The summed E-state index contributed by atoms with van der Waals surface area (Å²) < 4.78 is 0. The lowest BCUT2D eigenvalue weighted by molar-refractivity contribution is 0.477. The van der Waals surface area contributed by atoms with Crippen molar-refractivity contribution < 1.29 is 5.11 Å². The van der Waals surface area contributed by atoms with Crippen LogP contribution in [0.15, 0.2) is 18.2 Å². The van der Waals surface area contributed by atoms with Crippen LogP contribution < -0.4 is 10.6 Å². The average Bonchev–Trinajstić information content (AvgIpc) is 2.20. The van der Waals surface area contributed by atoms with Gasteiger partial charge in [0.05, 0.1) is 5.69 Å². The number of phenolic OH excluding ortho intramolecular Hbond substituents is 1. The second kappa shape index (κ2) is 5.56. The number of nitrogens with one attached hydrogen (secondary N) is 2. The molecule has 3 N–H and O–H groups in total. The summed E-state index contributed by atoms with van der Waals surface area (Å²) in [7, 11) is 0. The number of thiocarbonyl (C=S) groups is 1. The largest absolute Gasteiger partial charge is 0.506 e. The Morgan fingerprint density at radius 3 is 2.87 bits per heavy atom. The molecule has 0 radical (unpaired) electrons. The molecule has 0 unspecified atom stereocenters. The maximum absolute atomic E-state index is 9.56. The van der Waals surface area contributed by atoms with Crippen LogP contribution in [0.1, 0.15) is 18.9 Å². The summed E-state index contributed by atoms with van der Waals surface area (Å²) in [5.74, 6) is 0.209. The minimum Gasteiger partial charge on any atom is -0.506 e. The molecule has 0 bridgehead atoms. The van der Waals surface area contributed by atoms with Crippen molar-refractivity contribution in [2.45, 2.75) is 20.3 Å². The first-order valence-electron chi connectivity index (χ1n) is 4.98. The van der Waals surface area contributed by atoms with Crippen LogP contribution in [0.25, 0.3) is 0 Å². The third-order valence-electron chi connectivity index (χ3n) is 1.94. The first-order chi connectivity index (χ1) is 7.13. The first-order valence-corrected chi connectivity index (χ1v) is 5.38. The number of hydrogen-bond donors (Lipinski definition) is 3. The van der Waals surface area contributed by atoms with Crippen molar-refractivity contribution in [3.05, 3.63) is 23.8 Å². The van der Waals surface area contributed by atoms with Gasteiger partial charge in [-0.1, -0.05) is 13.0 Å². The predicted octanol–water partition coefficient (Wildman–Crippen LogP) is 2.40.